The van der Waals surface area contributed by atoms with Crippen LogP contribution in [0.3, 0.4) is 0 Å². The fourth-order valence-electron chi connectivity index (χ4n) is 2.22. The molecule has 1 N–H and O–H groups in total. The van der Waals surface area contributed by atoms with Gasteiger partial charge < -0.3 is 5.11 Å². The molecule has 1 aromatic carbocycles. The molecule has 1 nitrogen and oxygen atoms in total. The predicted molar refractivity (Wildman–Crippen MR) is 63.5 cm³/mol. The molecule has 1 aliphatic carbocycles. The van der Waals surface area contributed by atoms with Gasteiger partial charge in [0.2, 0.25) is 0 Å². The van der Waals surface area contributed by atoms with Crippen molar-refractivity contribution in [3.8, 4) is 0 Å². The molecule has 0 amide bonds. The number of hydrogen-bond donors (Lipinski definition) is 1. The van der Waals surface area contributed by atoms with Crippen LogP contribution in [0.4, 0.5) is 0 Å². The van der Waals surface area contributed by atoms with Crippen molar-refractivity contribution in [3.05, 3.63) is 33.8 Å². The zero-order valence-electron chi connectivity index (χ0n) is 8.42. The fraction of sp³-hybridized carbons (Fsp3) is 0.500. The zero-order valence-corrected chi connectivity index (χ0v) is 9.93. The van der Waals surface area contributed by atoms with Gasteiger partial charge in [-0.25, -0.2) is 0 Å². The summed E-state index contributed by atoms with van der Waals surface area (Å²) in [7, 11) is 0. The molecule has 0 heterocycles. The van der Waals surface area contributed by atoms with Gasteiger partial charge in [-0.05, 0) is 42.9 Å². The number of rotatable bonds is 2. The molecule has 0 radical (unpaired) electrons. The van der Waals surface area contributed by atoms with Crippen LogP contribution >= 0.6 is 23.2 Å². The molecule has 15 heavy (non-hydrogen) atoms. The Morgan fingerprint density at radius 1 is 1.20 bits per heavy atom. The maximum Gasteiger partial charge on any atom is 0.0595 e. The van der Waals surface area contributed by atoms with Gasteiger partial charge in [-0.3, -0.25) is 0 Å². The molecular weight excluding hydrogens is 231 g/mol. The van der Waals surface area contributed by atoms with Crippen LogP contribution in [0, 0.1) is 5.92 Å². The van der Waals surface area contributed by atoms with Crippen LogP contribution in [0.5, 0.6) is 0 Å². The van der Waals surface area contributed by atoms with Crippen LogP contribution in [0.1, 0.15) is 24.8 Å². The predicted octanol–water partition coefficient (Wildman–Crippen LogP) is 3.70. The molecule has 3 heteroatoms. The Bertz CT molecular complexity index is 351. The highest BCUT2D eigenvalue weighted by Crippen LogP contribution is 2.30. The van der Waals surface area contributed by atoms with E-state index in [4.69, 9.17) is 23.2 Å². The highest BCUT2D eigenvalue weighted by atomic mass is 35.5. The van der Waals surface area contributed by atoms with Crippen LogP contribution < -0.4 is 0 Å². The van der Waals surface area contributed by atoms with Crippen molar-refractivity contribution >= 4 is 23.2 Å². The van der Waals surface area contributed by atoms with Crippen molar-refractivity contribution < 1.29 is 5.11 Å². The molecule has 82 valence electrons. The van der Waals surface area contributed by atoms with Gasteiger partial charge >= 0.3 is 0 Å². The second-order valence-corrected chi connectivity index (χ2v) is 5.03. The van der Waals surface area contributed by atoms with Gasteiger partial charge in [-0.2, -0.15) is 0 Å². The molecule has 2 unspecified atom stereocenters. The number of hydrogen-bond acceptors (Lipinski definition) is 1. The van der Waals surface area contributed by atoms with E-state index < -0.39 is 0 Å². The highest BCUT2D eigenvalue weighted by Gasteiger charge is 2.25. The Hall–Kier alpha value is -0.240. The molecule has 0 spiro atoms. The summed E-state index contributed by atoms with van der Waals surface area (Å²) in [5.74, 6) is 0.391. The third-order valence-corrected chi connectivity index (χ3v) is 3.84. The monoisotopic (exact) mass is 244 g/mol. The van der Waals surface area contributed by atoms with Crippen LogP contribution in [-0.2, 0) is 6.42 Å². The van der Waals surface area contributed by atoms with E-state index in [2.05, 4.69) is 0 Å². The average Bonchev–Trinajstić information content (AvgIpc) is 2.59. The fourth-order valence-corrected chi connectivity index (χ4v) is 2.55. The van der Waals surface area contributed by atoms with Crippen molar-refractivity contribution in [2.75, 3.05) is 0 Å². The highest BCUT2D eigenvalue weighted by molar-refractivity contribution is 6.42. The van der Waals surface area contributed by atoms with E-state index in [0.717, 1.165) is 31.2 Å². The molecule has 1 saturated carbocycles. The van der Waals surface area contributed by atoms with E-state index in [1.807, 2.05) is 18.2 Å². The summed E-state index contributed by atoms with van der Waals surface area (Å²) in [6.07, 6.45) is 3.94. The molecule has 1 fully saturated rings. The second-order valence-electron chi connectivity index (χ2n) is 4.21. The SMILES string of the molecule is OC1CCCC1Cc1ccc(Cl)c(Cl)c1. The van der Waals surface area contributed by atoms with Crippen molar-refractivity contribution in [2.24, 2.45) is 5.92 Å². The molecular formula is C12H14Cl2O. The smallest absolute Gasteiger partial charge is 0.0595 e. The van der Waals surface area contributed by atoms with Gasteiger partial charge in [0.15, 0.2) is 0 Å². The van der Waals surface area contributed by atoms with Gasteiger partial charge in [-0.15, -0.1) is 0 Å². The molecule has 0 saturated heterocycles. The molecule has 0 aromatic heterocycles. The first-order valence-corrected chi connectivity index (χ1v) is 6.04. The van der Waals surface area contributed by atoms with E-state index in [1.54, 1.807) is 0 Å². The van der Waals surface area contributed by atoms with Crippen molar-refractivity contribution in [1.82, 2.24) is 0 Å². The van der Waals surface area contributed by atoms with Crippen LogP contribution in [0.15, 0.2) is 18.2 Å². The van der Waals surface area contributed by atoms with Crippen molar-refractivity contribution in [3.63, 3.8) is 0 Å². The normalized spacial score (nSPS) is 25.8. The number of aliphatic hydroxyl groups excluding tert-OH is 1. The summed E-state index contributed by atoms with van der Waals surface area (Å²) in [4.78, 5) is 0. The van der Waals surface area contributed by atoms with Crippen LogP contribution in [0.2, 0.25) is 10.0 Å². The van der Waals surface area contributed by atoms with Gasteiger partial charge in [0.1, 0.15) is 0 Å². The first kappa shape index (κ1) is 11.3. The van der Waals surface area contributed by atoms with Crippen molar-refractivity contribution in [1.29, 1.82) is 0 Å². The van der Waals surface area contributed by atoms with E-state index in [0.29, 0.717) is 16.0 Å². The minimum Gasteiger partial charge on any atom is -0.393 e. The Balaban J connectivity index is 2.07. The Morgan fingerprint density at radius 3 is 2.60 bits per heavy atom. The van der Waals surface area contributed by atoms with E-state index in [1.165, 1.54) is 0 Å². The van der Waals surface area contributed by atoms with E-state index in [-0.39, 0.29) is 6.10 Å². The summed E-state index contributed by atoms with van der Waals surface area (Å²) in [6.45, 7) is 0. The standard InChI is InChI=1S/C12H14Cl2O/c13-10-5-4-8(7-11(10)14)6-9-2-1-3-12(9)15/h4-5,7,9,12,15H,1-3,6H2. The Labute approximate surface area is 100 Å². The minimum absolute atomic E-state index is 0.139. The Kier molecular flexibility index (Phi) is 3.55. The van der Waals surface area contributed by atoms with Crippen LogP contribution in [0.25, 0.3) is 0 Å². The molecule has 2 atom stereocenters. The number of benzene rings is 1. The van der Waals surface area contributed by atoms with Gasteiger partial charge in [0.25, 0.3) is 0 Å². The zero-order chi connectivity index (χ0) is 10.8. The van der Waals surface area contributed by atoms with Gasteiger partial charge in [0.05, 0.1) is 16.1 Å². The lowest BCUT2D eigenvalue weighted by Crippen LogP contribution is -2.15. The lowest BCUT2D eigenvalue weighted by Gasteiger charge is -2.14. The number of aliphatic hydroxyl groups is 1. The molecule has 0 aliphatic heterocycles. The summed E-state index contributed by atoms with van der Waals surface area (Å²) >= 11 is 11.8. The molecule has 1 aromatic rings. The van der Waals surface area contributed by atoms with Crippen molar-refractivity contribution in [2.45, 2.75) is 31.8 Å². The average molecular weight is 245 g/mol. The molecule has 2 rings (SSSR count). The van der Waals surface area contributed by atoms with E-state index in [9.17, 15) is 5.11 Å². The topological polar surface area (TPSA) is 20.2 Å². The first-order valence-electron chi connectivity index (χ1n) is 5.29. The van der Waals surface area contributed by atoms with Gasteiger partial charge in [-0.1, -0.05) is 35.7 Å². The van der Waals surface area contributed by atoms with Gasteiger partial charge in [0, 0.05) is 0 Å². The van der Waals surface area contributed by atoms with E-state index >= 15 is 0 Å². The third-order valence-electron chi connectivity index (χ3n) is 3.10. The molecule has 1 aliphatic rings. The largest absolute Gasteiger partial charge is 0.393 e. The first-order chi connectivity index (χ1) is 7.16. The Morgan fingerprint density at radius 2 is 2.00 bits per heavy atom. The lowest BCUT2D eigenvalue weighted by atomic mass is 9.96. The third kappa shape index (κ3) is 2.66. The molecule has 0 bridgehead atoms. The van der Waals surface area contributed by atoms with Crippen LogP contribution in [-0.4, -0.2) is 11.2 Å². The summed E-state index contributed by atoms with van der Waals surface area (Å²) in [5, 5.41) is 10.9. The summed E-state index contributed by atoms with van der Waals surface area (Å²) in [5.41, 5.74) is 1.16. The quantitative estimate of drug-likeness (QED) is 0.842. The number of halogens is 2. The maximum absolute atomic E-state index is 9.72. The second kappa shape index (κ2) is 4.73. The minimum atomic E-state index is -0.139. The maximum atomic E-state index is 9.72. The summed E-state index contributed by atoms with van der Waals surface area (Å²) in [6, 6.07) is 5.70. The summed E-state index contributed by atoms with van der Waals surface area (Å²) < 4.78 is 0. The lowest BCUT2D eigenvalue weighted by molar-refractivity contribution is 0.132.